The molecule has 0 N–H and O–H groups in total. The molecule has 1 aliphatic heterocycles. The van der Waals surface area contributed by atoms with Crippen LogP contribution in [0.15, 0.2) is 0 Å². The van der Waals surface area contributed by atoms with Gasteiger partial charge in [0, 0.05) is 6.54 Å². The second kappa shape index (κ2) is 7.13. The van der Waals surface area contributed by atoms with Crippen LogP contribution >= 0.6 is 15.9 Å². The standard InChI is InChI=1S/C11H16BrF2NO3/c1-2-3-15(11(17)10(13)14)8-6-18-5-7(8)9(16)4-12/h7-8,10H,2-6H2,1H3. The number of hydrogen-bond donors (Lipinski definition) is 0. The van der Waals surface area contributed by atoms with Crippen molar-refractivity contribution < 1.29 is 23.1 Å². The number of ether oxygens (including phenoxy) is 1. The molecule has 7 heteroatoms. The Morgan fingerprint density at radius 1 is 1.44 bits per heavy atom. The molecular weight excluding hydrogens is 312 g/mol. The lowest BCUT2D eigenvalue weighted by atomic mass is 9.97. The Bertz CT molecular complexity index is 315. The molecule has 0 radical (unpaired) electrons. The average Bonchev–Trinajstić information content (AvgIpc) is 2.82. The Hall–Kier alpha value is -0.560. The van der Waals surface area contributed by atoms with Gasteiger partial charge in [-0.1, -0.05) is 22.9 Å². The maximum Gasteiger partial charge on any atom is 0.315 e. The largest absolute Gasteiger partial charge is 0.378 e. The third-order valence-electron chi connectivity index (χ3n) is 2.93. The van der Waals surface area contributed by atoms with Crippen LogP contribution in [0.5, 0.6) is 0 Å². The predicted octanol–water partition coefficient (Wildman–Crippen LogP) is 1.47. The zero-order valence-electron chi connectivity index (χ0n) is 10.1. The van der Waals surface area contributed by atoms with Crippen molar-refractivity contribution in [3.05, 3.63) is 0 Å². The van der Waals surface area contributed by atoms with Gasteiger partial charge in [0.05, 0.1) is 30.5 Å². The van der Waals surface area contributed by atoms with Crippen molar-refractivity contribution in [1.82, 2.24) is 4.90 Å². The molecular formula is C11H16BrF2NO3. The van der Waals surface area contributed by atoms with Crippen LogP contribution < -0.4 is 0 Å². The van der Waals surface area contributed by atoms with Crippen molar-refractivity contribution in [3.63, 3.8) is 0 Å². The highest BCUT2D eigenvalue weighted by atomic mass is 79.9. The van der Waals surface area contributed by atoms with Crippen LogP contribution in [-0.4, -0.2) is 54.1 Å². The van der Waals surface area contributed by atoms with E-state index in [-0.39, 0.29) is 30.9 Å². The fourth-order valence-corrected chi connectivity index (χ4v) is 2.48. The van der Waals surface area contributed by atoms with Gasteiger partial charge < -0.3 is 9.64 Å². The van der Waals surface area contributed by atoms with Crippen molar-refractivity contribution in [1.29, 1.82) is 0 Å². The third-order valence-corrected chi connectivity index (χ3v) is 3.48. The number of nitrogens with zero attached hydrogens (tertiary/aromatic N) is 1. The molecule has 104 valence electrons. The summed E-state index contributed by atoms with van der Waals surface area (Å²) in [4.78, 5) is 24.2. The van der Waals surface area contributed by atoms with E-state index in [0.717, 1.165) is 4.90 Å². The smallest absolute Gasteiger partial charge is 0.315 e. The van der Waals surface area contributed by atoms with Crippen LogP contribution in [0.3, 0.4) is 0 Å². The molecule has 0 bridgehead atoms. The summed E-state index contributed by atoms with van der Waals surface area (Å²) >= 11 is 3.05. The van der Waals surface area contributed by atoms with E-state index in [2.05, 4.69) is 15.9 Å². The fourth-order valence-electron chi connectivity index (χ4n) is 2.06. The summed E-state index contributed by atoms with van der Waals surface area (Å²) in [5, 5.41) is 0.139. The first-order chi connectivity index (χ1) is 8.52. The number of alkyl halides is 3. The molecule has 4 nitrogen and oxygen atoms in total. The van der Waals surface area contributed by atoms with Crippen molar-refractivity contribution in [2.45, 2.75) is 25.8 Å². The molecule has 0 aromatic carbocycles. The summed E-state index contributed by atoms with van der Waals surface area (Å²) in [6.07, 6.45) is -2.48. The zero-order valence-corrected chi connectivity index (χ0v) is 11.7. The number of halogens is 3. The highest BCUT2D eigenvalue weighted by Gasteiger charge is 2.40. The first-order valence-electron chi connectivity index (χ1n) is 5.78. The summed E-state index contributed by atoms with van der Waals surface area (Å²) in [7, 11) is 0. The van der Waals surface area contributed by atoms with E-state index in [9.17, 15) is 18.4 Å². The second-order valence-corrected chi connectivity index (χ2v) is 4.70. The van der Waals surface area contributed by atoms with Gasteiger partial charge in [0.1, 0.15) is 0 Å². The van der Waals surface area contributed by atoms with Gasteiger partial charge >= 0.3 is 6.43 Å². The van der Waals surface area contributed by atoms with E-state index >= 15 is 0 Å². The number of carbonyl (C=O) groups excluding carboxylic acids is 2. The number of rotatable bonds is 6. The van der Waals surface area contributed by atoms with Gasteiger partial charge in [-0.25, -0.2) is 0 Å². The topological polar surface area (TPSA) is 46.6 Å². The van der Waals surface area contributed by atoms with Gasteiger partial charge in [0.25, 0.3) is 5.91 Å². The summed E-state index contributed by atoms with van der Waals surface area (Å²) < 4.78 is 30.2. The van der Waals surface area contributed by atoms with E-state index in [4.69, 9.17) is 4.74 Å². The molecule has 0 saturated carbocycles. The lowest BCUT2D eigenvalue weighted by Gasteiger charge is -2.30. The summed E-state index contributed by atoms with van der Waals surface area (Å²) in [6, 6.07) is -0.573. The molecule has 1 aliphatic rings. The first kappa shape index (κ1) is 15.5. The van der Waals surface area contributed by atoms with Crippen LogP contribution in [0.4, 0.5) is 8.78 Å². The van der Waals surface area contributed by atoms with Crippen molar-refractivity contribution >= 4 is 27.6 Å². The van der Waals surface area contributed by atoms with Gasteiger partial charge in [0.2, 0.25) is 0 Å². The van der Waals surface area contributed by atoms with Crippen LogP contribution in [0.1, 0.15) is 13.3 Å². The maximum absolute atomic E-state index is 12.5. The van der Waals surface area contributed by atoms with Crippen LogP contribution in [0, 0.1) is 5.92 Å². The lowest BCUT2D eigenvalue weighted by Crippen LogP contribution is -2.49. The van der Waals surface area contributed by atoms with E-state index in [0.29, 0.717) is 6.42 Å². The Morgan fingerprint density at radius 2 is 2.11 bits per heavy atom. The summed E-state index contributed by atoms with van der Waals surface area (Å²) in [6.45, 7) is 2.33. The monoisotopic (exact) mass is 327 g/mol. The molecule has 1 rings (SSSR count). The SMILES string of the molecule is CCCN(C(=O)C(F)F)C1COCC1C(=O)CBr. The van der Waals surface area contributed by atoms with Gasteiger partial charge in [-0.2, -0.15) is 8.78 Å². The Kier molecular flexibility index (Phi) is 6.14. The van der Waals surface area contributed by atoms with Crippen LogP contribution in [0.2, 0.25) is 0 Å². The van der Waals surface area contributed by atoms with Crippen LogP contribution in [-0.2, 0) is 14.3 Å². The van der Waals surface area contributed by atoms with E-state index in [1.807, 2.05) is 0 Å². The number of Topliss-reactive ketones (excluding diaryl/α,β-unsaturated/α-hetero) is 1. The molecule has 1 saturated heterocycles. The molecule has 1 fully saturated rings. The molecule has 0 spiro atoms. The highest BCUT2D eigenvalue weighted by Crippen LogP contribution is 2.23. The second-order valence-electron chi connectivity index (χ2n) is 4.14. The maximum atomic E-state index is 12.5. The number of carbonyl (C=O) groups is 2. The number of hydrogen-bond acceptors (Lipinski definition) is 3. The molecule has 0 aromatic heterocycles. The normalized spacial score (nSPS) is 23.4. The van der Waals surface area contributed by atoms with Gasteiger partial charge in [-0.3, -0.25) is 9.59 Å². The third kappa shape index (κ3) is 3.47. The molecule has 2 atom stereocenters. The predicted molar refractivity (Wildman–Crippen MR) is 64.9 cm³/mol. The van der Waals surface area contributed by atoms with E-state index in [1.54, 1.807) is 6.92 Å². The van der Waals surface area contributed by atoms with Crippen molar-refractivity contribution in [2.24, 2.45) is 5.92 Å². The first-order valence-corrected chi connectivity index (χ1v) is 6.90. The zero-order chi connectivity index (χ0) is 13.7. The molecule has 1 amide bonds. The van der Waals surface area contributed by atoms with Crippen molar-refractivity contribution in [3.8, 4) is 0 Å². The number of ketones is 1. The molecule has 2 unspecified atom stereocenters. The minimum atomic E-state index is -3.04. The van der Waals surface area contributed by atoms with Gasteiger partial charge in [-0.15, -0.1) is 0 Å². The minimum absolute atomic E-state index is 0.124. The van der Waals surface area contributed by atoms with E-state index < -0.39 is 24.3 Å². The Morgan fingerprint density at radius 3 is 2.61 bits per heavy atom. The fraction of sp³-hybridized carbons (Fsp3) is 0.818. The van der Waals surface area contributed by atoms with Crippen LogP contribution in [0.25, 0.3) is 0 Å². The Labute approximate surface area is 113 Å². The molecule has 0 aliphatic carbocycles. The van der Waals surface area contributed by atoms with Gasteiger partial charge in [0.15, 0.2) is 5.78 Å². The summed E-state index contributed by atoms with van der Waals surface area (Å²) in [5.41, 5.74) is 0. The molecule has 1 heterocycles. The average molecular weight is 328 g/mol. The highest BCUT2D eigenvalue weighted by molar-refractivity contribution is 9.09. The molecule has 18 heavy (non-hydrogen) atoms. The number of amides is 1. The van der Waals surface area contributed by atoms with Gasteiger partial charge in [-0.05, 0) is 6.42 Å². The quantitative estimate of drug-likeness (QED) is 0.694. The van der Waals surface area contributed by atoms with E-state index in [1.165, 1.54) is 0 Å². The Balaban J connectivity index is 2.84. The minimum Gasteiger partial charge on any atom is -0.378 e. The lowest BCUT2D eigenvalue weighted by molar-refractivity contribution is -0.146. The van der Waals surface area contributed by atoms with Crippen molar-refractivity contribution in [2.75, 3.05) is 25.1 Å². The summed E-state index contributed by atoms with van der Waals surface area (Å²) in [5.74, 6) is -1.86. The molecule has 0 aromatic rings.